The summed E-state index contributed by atoms with van der Waals surface area (Å²) in [7, 11) is 0. The zero-order valence-corrected chi connectivity index (χ0v) is 16.5. The fraction of sp³-hybridized carbons (Fsp3) is 0.391. The minimum Gasteiger partial charge on any atom is -0.508 e. The molecule has 3 aliphatic heterocycles. The molecular weight excluding hydrogens is 400 g/mol. The van der Waals surface area contributed by atoms with E-state index in [9.17, 15) is 24.3 Å². The van der Waals surface area contributed by atoms with E-state index in [1.54, 1.807) is 24.5 Å². The van der Waals surface area contributed by atoms with Crippen LogP contribution in [0.4, 0.5) is 0 Å². The van der Waals surface area contributed by atoms with Crippen LogP contribution in [0.2, 0.25) is 0 Å². The van der Waals surface area contributed by atoms with Gasteiger partial charge in [-0.1, -0.05) is 11.6 Å². The topological polar surface area (TPSA) is 122 Å². The monoisotopic (exact) mass is 420 g/mol. The third-order valence-corrected chi connectivity index (χ3v) is 7.51. The Hall–Kier alpha value is -3.42. The normalized spacial score (nSPS) is 35.6. The highest BCUT2D eigenvalue weighted by Crippen LogP contribution is 2.55. The van der Waals surface area contributed by atoms with Gasteiger partial charge in [-0.25, -0.2) is 0 Å². The molecule has 2 saturated heterocycles. The number of aromatic hydroxyl groups is 1. The van der Waals surface area contributed by atoms with E-state index in [0.29, 0.717) is 25.0 Å². The van der Waals surface area contributed by atoms with Crippen LogP contribution in [0.3, 0.4) is 0 Å². The van der Waals surface area contributed by atoms with Gasteiger partial charge in [0.15, 0.2) is 0 Å². The summed E-state index contributed by atoms with van der Waals surface area (Å²) in [6.45, 7) is 0. The number of rotatable bonds is 1. The van der Waals surface area contributed by atoms with Crippen LogP contribution in [-0.4, -0.2) is 28.7 Å². The molecule has 8 nitrogen and oxygen atoms in total. The van der Waals surface area contributed by atoms with Gasteiger partial charge in [0, 0.05) is 17.9 Å². The molecule has 158 valence electrons. The smallest absolute Gasteiger partial charge is 0.231 e. The van der Waals surface area contributed by atoms with Crippen molar-refractivity contribution in [3.63, 3.8) is 0 Å². The molecule has 2 aliphatic carbocycles. The first-order valence-electron chi connectivity index (χ1n) is 10.5. The Balaban J connectivity index is 1.45. The Kier molecular flexibility index (Phi) is 3.73. The second kappa shape index (κ2) is 6.29. The molecule has 1 saturated carbocycles. The molecule has 0 spiro atoms. The molecule has 0 radical (unpaired) electrons. The minimum atomic E-state index is -0.569. The van der Waals surface area contributed by atoms with Gasteiger partial charge in [0.05, 0.1) is 29.9 Å². The van der Waals surface area contributed by atoms with Crippen molar-refractivity contribution >= 4 is 23.6 Å². The number of imide groups is 2. The first-order chi connectivity index (χ1) is 14.9. The van der Waals surface area contributed by atoms with Crippen molar-refractivity contribution in [2.24, 2.45) is 35.5 Å². The van der Waals surface area contributed by atoms with Gasteiger partial charge in [-0.15, -0.1) is 0 Å². The quantitative estimate of drug-likeness (QED) is 0.460. The zero-order valence-electron chi connectivity index (χ0n) is 16.5. The summed E-state index contributed by atoms with van der Waals surface area (Å²) < 4.78 is 5.81. The molecule has 4 amide bonds. The number of carbonyl (C=O) groups excluding carboxylic acids is 4. The van der Waals surface area contributed by atoms with E-state index in [-0.39, 0.29) is 35.3 Å². The molecule has 6 unspecified atom stereocenters. The van der Waals surface area contributed by atoms with Crippen LogP contribution < -0.4 is 15.4 Å². The number of ether oxygens (including phenoxy) is 1. The molecule has 6 atom stereocenters. The van der Waals surface area contributed by atoms with Crippen LogP contribution >= 0.6 is 0 Å². The van der Waals surface area contributed by atoms with Crippen molar-refractivity contribution in [3.8, 4) is 11.5 Å². The first kappa shape index (κ1) is 18.4. The van der Waals surface area contributed by atoms with Crippen molar-refractivity contribution in [2.75, 3.05) is 0 Å². The van der Waals surface area contributed by atoms with Gasteiger partial charge in [0.2, 0.25) is 23.6 Å². The lowest BCUT2D eigenvalue weighted by atomic mass is 9.56. The molecule has 3 N–H and O–H groups in total. The van der Waals surface area contributed by atoms with Gasteiger partial charge in [-0.3, -0.25) is 29.8 Å². The van der Waals surface area contributed by atoms with E-state index in [4.69, 9.17) is 4.74 Å². The third-order valence-electron chi connectivity index (χ3n) is 7.51. The van der Waals surface area contributed by atoms with E-state index in [0.717, 1.165) is 16.7 Å². The van der Waals surface area contributed by atoms with E-state index in [2.05, 4.69) is 10.6 Å². The van der Waals surface area contributed by atoms with Crippen molar-refractivity contribution < 1.29 is 29.0 Å². The molecule has 5 aliphatic rings. The SMILES string of the molecule is O=C1NC(=O)C2C1CC=C1C2CC2C(=O)NC(=O)C2C1C1=COc2ccc(O)cc2C1. The Morgan fingerprint density at radius 3 is 2.45 bits per heavy atom. The third kappa shape index (κ3) is 2.54. The van der Waals surface area contributed by atoms with Crippen LogP contribution in [-0.2, 0) is 25.6 Å². The van der Waals surface area contributed by atoms with E-state index in [1.807, 2.05) is 6.08 Å². The first-order valence-corrected chi connectivity index (χ1v) is 10.5. The molecule has 1 aromatic rings. The molecule has 3 heterocycles. The van der Waals surface area contributed by atoms with Crippen LogP contribution in [0.25, 0.3) is 0 Å². The Bertz CT molecular complexity index is 1130. The average Bonchev–Trinajstić information content (AvgIpc) is 3.20. The van der Waals surface area contributed by atoms with Crippen LogP contribution in [0.1, 0.15) is 18.4 Å². The summed E-state index contributed by atoms with van der Waals surface area (Å²) in [5, 5.41) is 14.8. The summed E-state index contributed by atoms with van der Waals surface area (Å²) in [6, 6.07) is 4.87. The van der Waals surface area contributed by atoms with Gasteiger partial charge in [-0.05, 0) is 42.5 Å². The number of phenols is 1. The number of carbonyl (C=O) groups is 4. The summed E-state index contributed by atoms with van der Waals surface area (Å²) in [6.07, 6.45) is 4.88. The maximum absolute atomic E-state index is 12.8. The number of nitrogens with one attached hydrogen (secondary N) is 2. The lowest BCUT2D eigenvalue weighted by Crippen LogP contribution is -2.44. The Morgan fingerprint density at radius 2 is 1.65 bits per heavy atom. The predicted molar refractivity (Wildman–Crippen MR) is 105 cm³/mol. The van der Waals surface area contributed by atoms with Crippen molar-refractivity contribution in [1.29, 1.82) is 0 Å². The summed E-state index contributed by atoms with van der Waals surface area (Å²) in [5.74, 6) is -3.15. The molecule has 8 heteroatoms. The lowest BCUT2D eigenvalue weighted by Gasteiger charge is -2.45. The Morgan fingerprint density at radius 1 is 0.903 bits per heavy atom. The highest BCUT2D eigenvalue weighted by molar-refractivity contribution is 6.07. The standard InChI is InChI=1S/C23H20N2O6/c26-11-1-4-16-9(6-11)5-10(8-31-16)17-12-2-3-13-18(22(29)24-20(13)27)14(12)7-15-19(17)23(30)25-21(15)28/h1-2,4,6,8,13-15,17-19,26H,3,5,7H2,(H,24,27,29)(H,25,28,30). The maximum atomic E-state index is 12.8. The van der Waals surface area contributed by atoms with E-state index in [1.165, 1.54) is 0 Å². The molecule has 6 rings (SSSR count). The molecule has 3 fully saturated rings. The van der Waals surface area contributed by atoms with Gasteiger partial charge in [-0.2, -0.15) is 0 Å². The zero-order chi connectivity index (χ0) is 21.4. The molecule has 1 aromatic carbocycles. The summed E-state index contributed by atoms with van der Waals surface area (Å²) in [4.78, 5) is 50.2. The average molecular weight is 420 g/mol. The van der Waals surface area contributed by atoms with Crippen LogP contribution in [0.5, 0.6) is 11.5 Å². The van der Waals surface area contributed by atoms with Gasteiger partial charge in [0.25, 0.3) is 0 Å². The second-order valence-electron chi connectivity index (χ2n) is 9.01. The van der Waals surface area contributed by atoms with Gasteiger partial charge < -0.3 is 9.84 Å². The number of phenolic OH excluding ortho intramolecular Hbond substituents is 1. The molecular formula is C23H20N2O6. The maximum Gasteiger partial charge on any atom is 0.231 e. The number of allylic oxidation sites excluding steroid dienone is 3. The van der Waals surface area contributed by atoms with E-state index < -0.39 is 29.6 Å². The molecule has 0 bridgehead atoms. The van der Waals surface area contributed by atoms with Crippen molar-refractivity contribution in [2.45, 2.75) is 19.3 Å². The molecule has 31 heavy (non-hydrogen) atoms. The second-order valence-corrected chi connectivity index (χ2v) is 9.01. The minimum absolute atomic E-state index is 0.123. The van der Waals surface area contributed by atoms with Crippen molar-refractivity contribution in [1.82, 2.24) is 10.6 Å². The van der Waals surface area contributed by atoms with Gasteiger partial charge in [0.1, 0.15) is 11.5 Å². The predicted octanol–water partition coefficient (Wildman–Crippen LogP) is 0.955. The number of amides is 4. The molecule has 0 aromatic heterocycles. The van der Waals surface area contributed by atoms with Gasteiger partial charge >= 0.3 is 0 Å². The lowest BCUT2D eigenvalue weighted by molar-refractivity contribution is -0.128. The van der Waals surface area contributed by atoms with Crippen LogP contribution in [0.15, 0.2) is 41.7 Å². The summed E-state index contributed by atoms with van der Waals surface area (Å²) in [5.41, 5.74) is 2.57. The summed E-state index contributed by atoms with van der Waals surface area (Å²) >= 11 is 0. The van der Waals surface area contributed by atoms with E-state index >= 15 is 0 Å². The number of fused-ring (bicyclic) bond motifs is 5. The number of hydrogen-bond acceptors (Lipinski definition) is 6. The fourth-order valence-corrected chi connectivity index (χ4v) is 6.23. The number of benzene rings is 1. The van der Waals surface area contributed by atoms with Crippen LogP contribution in [0, 0.1) is 35.5 Å². The highest BCUT2D eigenvalue weighted by atomic mass is 16.5. The Labute approximate surface area is 177 Å². The number of hydrogen-bond donors (Lipinski definition) is 3. The largest absolute Gasteiger partial charge is 0.508 e. The highest BCUT2D eigenvalue weighted by Gasteiger charge is 2.59. The fourth-order valence-electron chi connectivity index (χ4n) is 6.23. The van der Waals surface area contributed by atoms with Crippen molar-refractivity contribution in [3.05, 3.63) is 47.2 Å².